The molecule has 0 saturated carbocycles. The summed E-state index contributed by atoms with van der Waals surface area (Å²) in [5.74, 6) is 0.663. The smallest absolute Gasteiger partial charge is 0.151 e. The Hall–Kier alpha value is -2.14. The largest absolute Gasteiger partial charge is 0.392 e. The maximum absolute atomic E-state index is 14.3. The number of nitrogens with zero attached hydrogens (tertiary/aromatic N) is 3. The van der Waals surface area contributed by atoms with E-state index in [1.165, 1.54) is 5.56 Å². The van der Waals surface area contributed by atoms with Crippen molar-refractivity contribution in [3.8, 4) is 0 Å². The predicted octanol–water partition coefficient (Wildman–Crippen LogP) is 2.35. The summed E-state index contributed by atoms with van der Waals surface area (Å²) >= 11 is 0. The van der Waals surface area contributed by atoms with Crippen LogP contribution in [-0.2, 0) is 6.61 Å². The molecule has 5 heteroatoms. The van der Waals surface area contributed by atoms with Gasteiger partial charge in [0.1, 0.15) is 5.82 Å². The number of aliphatic hydroxyl groups excluding tert-OH is 1. The van der Waals surface area contributed by atoms with Crippen molar-refractivity contribution in [2.75, 3.05) is 36.0 Å². The predicted molar refractivity (Wildman–Crippen MR) is 85.7 cm³/mol. The van der Waals surface area contributed by atoms with Crippen LogP contribution in [0.2, 0.25) is 0 Å². The molecule has 1 aliphatic heterocycles. The second kappa shape index (κ2) is 6.32. The fraction of sp³-hybridized carbons (Fsp3) is 0.353. The Kier molecular flexibility index (Phi) is 4.24. The first-order valence-corrected chi connectivity index (χ1v) is 7.50. The third-order valence-electron chi connectivity index (χ3n) is 4.07. The number of piperazine rings is 1. The maximum Gasteiger partial charge on any atom is 0.151 e. The molecule has 1 N–H and O–H groups in total. The average Bonchev–Trinajstić information content (AvgIpc) is 2.55. The molecule has 2 heterocycles. The van der Waals surface area contributed by atoms with Crippen LogP contribution in [-0.4, -0.2) is 36.3 Å². The summed E-state index contributed by atoms with van der Waals surface area (Å²) in [5.41, 5.74) is 2.11. The van der Waals surface area contributed by atoms with Gasteiger partial charge in [-0.25, -0.2) is 9.37 Å². The lowest BCUT2D eigenvalue weighted by atomic mass is 10.1. The average molecular weight is 301 g/mol. The zero-order valence-electron chi connectivity index (χ0n) is 12.7. The summed E-state index contributed by atoms with van der Waals surface area (Å²) in [7, 11) is 0. The van der Waals surface area contributed by atoms with E-state index in [-0.39, 0.29) is 12.4 Å². The lowest BCUT2D eigenvalue weighted by Crippen LogP contribution is -2.47. The molecular weight excluding hydrogens is 281 g/mol. The van der Waals surface area contributed by atoms with Gasteiger partial charge < -0.3 is 14.9 Å². The number of anilines is 2. The number of hydrogen-bond donors (Lipinski definition) is 1. The maximum atomic E-state index is 14.3. The van der Waals surface area contributed by atoms with E-state index in [4.69, 9.17) is 0 Å². The van der Waals surface area contributed by atoms with E-state index in [9.17, 15) is 9.50 Å². The monoisotopic (exact) mass is 301 g/mol. The molecule has 1 saturated heterocycles. The molecule has 0 spiro atoms. The van der Waals surface area contributed by atoms with Crippen molar-refractivity contribution in [2.24, 2.45) is 0 Å². The van der Waals surface area contributed by atoms with Crippen LogP contribution >= 0.6 is 0 Å². The van der Waals surface area contributed by atoms with Crippen molar-refractivity contribution < 1.29 is 9.50 Å². The molecule has 0 unspecified atom stereocenters. The molecule has 4 nitrogen and oxygen atoms in total. The van der Waals surface area contributed by atoms with E-state index in [0.29, 0.717) is 11.3 Å². The van der Waals surface area contributed by atoms with E-state index in [0.717, 1.165) is 32.0 Å². The van der Waals surface area contributed by atoms with Crippen molar-refractivity contribution in [1.29, 1.82) is 0 Å². The highest BCUT2D eigenvalue weighted by molar-refractivity contribution is 5.52. The van der Waals surface area contributed by atoms with Gasteiger partial charge in [-0.2, -0.15) is 0 Å². The second-order valence-corrected chi connectivity index (χ2v) is 5.57. The summed E-state index contributed by atoms with van der Waals surface area (Å²) in [6.45, 7) is 4.87. The Morgan fingerprint density at radius 3 is 2.55 bits per heavy atom. The molecule has 0 amide bonds. The molecule has 116 valence electrons. The molecule has 0 radical (unpaired) electrons. The van der Waals surface area contributed by atoms with Gasteiger partial charge in [-0.3, -0.25) is 0 Å². The number of benzene rings is 1. The van der Waals surface area contributed by atoms with Gasteiger partial charge in [-0.1, -0.05) is 12.1 Å². The molecule has 22 heavy (non-hydrogen) atoms. The van der Waals surface area contributed by atoms with Gasteiger partial charge in [0.15, 0.2) is 5.82 Å². The Bertz CT molecular complexity index is 654. The van der Waals surface area contributed by atoms with Gasteiger partial charge in [0.05, 0.1) is 12.3 Å². The van der Waals surface area contributed by atoms with Crippen molar-refractivity contribution in [2.45, 2.75) is 13.5 Å². The van der Waals surface area contributed by atoms with Crippen LogP contribution in [0.5, 0.6) is 0 Å². The van der Waals surface area contributed by atoms with E-state index < -0.39 is 0 Å². The van der Waals surface area contributed by atoms with E-state index >= 15 is 0 Å². The number of pyridine rings is 1. The summed E-state index contributed by atoms with van der Waals surface area (Å²) in [6, 6.07) is 9.23. The van der Waals surface area contributed by atoms with Gasteiger partial charge in [-0.05, 0) is 30.7 Å². The number of aromatic nitrogens is 1. The van der Waals surface area contributed by atoms with Gasteiger partial charge in [0.25, 0.3) is 0 Å². The number of aliphatic hydroxyl groups is 1. The van der Waals surface area contributed by atoms with Gasteiger partial charge in [-0.15, -0.1) is 0 Å². The van der Waals surface area contributed by atoms with Crippen molar-refractivity contribution in [3.63, 3.8) is 0 Å². The van der Waals surface area contributed by atoms with Crippen LogP contribution < -0.4 is 9.80 Å². The minimum atomic E-state index is -0.313. The Balaban J connectivity index is 1.72. The summed E-state index contributed by atoms with van der Waals surface area (Å²) in [5, 5.41) is 9.18. The first-order chi connectivity index (χ1) is 10.7. The number of rotatable bonds is 3. The summed E-state index contributed by atoms with van der Waals surface area (Å²) < 4.78 is 14.3. The fourth-order valence-electron chi connectivity index (χ4n) is 2.80. The number of aryl methyl sites for hydroxylation is 1. The third kappa shape index (κ3) is 2.90. The van der Waals surface area contributed by atoms with Crippen LogP contribution in [0.25, 0.3) is 0 Å². The third-order valence-corrected chi connectivity index (χ3v) is 4.07. The Morgan fingerprint density at radius 2 is 1.86 bits per heavy atom. The van der Waals surface area contributed by atoms with Crippen molar-refractivity contribution in [1.82, 2.24) is 4.98 Å². The minimum Gasteiger partial charge on any atom is -0.392 e. The molecule has 3 rings (SSSR count). The van der Waals surface area contributed by atoms with E-state index in [1.807, 2.05) is 17.2 Å². The van der Waals surface area contributed by atoms with Crippen LogP contribution in [0, 0.1) is 12.7 Å². The first-order valence-electron chi connectivity index (χ1n) is 7.50. The zero-order valence-corrected chi connectivity index (χ0v) is 12.7. The van der Waals surface area contributed by atoms with Crippen molar-refractivity contribution >= 4 is 11.5 Å². The van der Waals surface area contributed by atoms with E-state index in [2.05, 4.69) is 22.9 Å². The number of hydrogen-bond acceptors (Lipinski definition) is 4. The SMILES string of the molecule is Cc1ccnc(N2CCN(c3cccc(CO)c3F)CC2)c1. The number of halogens is 1. The quantitative estimate of drug-likeness (QED) is 0.944. The molecule has 1 aromatic carbocycles. The molecule has 0 aliphatic carbocycles. The molecule has 0 bridgehead atoms. The van der Waals surface area contributed by atoms with Crippen LogP contribution in [0.15, 0.2) is 36.5 Å². The standard InChI is InChI=1S/C17H20FN3O/c1-13-5-6-19-16(11-13)21-9-7-20(8-10-21)15-4-2-3-14(12-22)17(15)18/h2-6,11,22H,7-10,12H2,1H3. The summed E-state index contributed by atoms with van der Waals surface area (Å²) in [6.07, 6.45) is 1.82. The first kappa shape index (κ1) is 14.8. The zero-order chi connectivity index (χ0) is 15.5. The van der Waals surface area contributed by atoms with Gasteiger partial charge in [0, 0.05) is 37.9 Å². The topological polar surface area (TPSA) is 39.6 Å². The lowest BCUT2D eigenvalue weighted by molar-refractivity contribution is 0.276. The molecule has 0 atom stereocenters. The Labute approximate surface area is 129 Å². The highest BCUT2D eigenvalue weighted by Crippen LogP contribution is 2.24. The van der Waals surface area contributed by atoms with Crippen molar-refractivity contribution in [3.05, 3.63) is 53.5 Å². The fourth-order valence-corrected chi connectivity index (χ4v) is 2.80. The van der Waals surface area contributed by atoms with Crippen LogP contribution in [0.3, 0.4) is 0 Å². The van der Waals surface area contributed by atoms with Crippen LogP contribution in [0.1, 0.15) is 11.1 Å². The normalized spacial score (nSPS) is 15.2. The molecule has 1 aromatic heterocycles. The molecule has 1 fully saturated rings. The molecule has 1 aliphatic rings. The minimum absolute atomic E-state index is 0.271. The Morgan fingerprint density at radius 1 is 1.14 bits per heavy atom. The second-order valence-electron chi connectivity index (χ2n) is 5.57. The van der Waals surface area contributed by atoms with Gasteiger partial charge in [0.2, 0.25) is 0 Å². The van der Waals surface area contributed by atoms with Crippen LogP contribution in [0.4, 0.5) is 15.9 Å². The highest BCUT2D eigenvalue weighted by atomic mass is 19.1. The molecule has 2 aromatic rings. The molecular formula is C17H20FN3O. The lowest BCUT2D eigenvalue weighted by Gasteiger charge is -2.37. The van der Waals surface area contributed by atoms with Gasteiger partial charge >= 0.3 is 0 Å². The summed E-state index contributed by atoms with van der Waals surface area (Å²) in [4.78, 5) is 8.65. The van der Waals surface area contributed by atoms with E-state index in [1.54, 1.807) is 18.2 Å². The highest BCUT2D eigenvalue weighted by Gasteiger charge is 2.21.